The minimum atomic E-state index is -3.62. The predicted molar refractivity (Wildman–Crippen MR) is 92.5 cm³/mol. The van der Waals surface area contributed by atoms with E-state index in [-0.39, 0.29) is 29.4 Å². The topological polar surface area (TPSA) is 81.7 Å². The van der Waals surface area contributed by atoms with E-state index in [9.17, 15) is 13.2 Å². The third kappa shape index (κ3) is 3.23. The van der Waals surface area contributed by atoms with Crippen molar-refractivity contribution in [2.45, 2.75) is 22.3 Å². The first kappa shape index (κ1) is 16.4. The molecule has 1 aromatic heterocycles. The van der Waals surface area contributed by atoms with Gasteiger partial charge >= 0.3 is 0 Å². The fourth-order valence-electron chi connectivity index (χ4n) is 2.77. The van der Waals surface area contributed by atoms with Gasteiger partial charge in [-0.1, -0.05) is 12.1 Å². The highest BCUT2D eigenvalue weighted by Gasteiger charge is 2.34. The third-order valence-electron chi connectivity index (χ3n) is 4.33. The van der Waals surface area contributed by atoms with Gasteiger partial charge in [-0.3, -0.25) is 4.79 Å². The lowest BCUT2D eigenvalue weighted by Crippen LogP contribution is -2.32. The Morgan fingerprint density at radius 1 is 1.24 bits per heavy atom. The smallest absolute Gasteiger partial charge is 0.231 e. The average molecular weight is 379 g/mol. The van der Waals surface area contributed by atoms with Crippen molar-refractivity contribution in [1.29, 1.82) is 0 Å². The number of carbonyl (C=O) groups excluding carboxylic acids is 1. The zero-order chi connectivity index (χ0) is 17.4. The molecule has 0 radical (unpaired) electrons. The largest absolute Gasteiger partial charge is 0.454 e. The van der Waals surface area contributed by atoms with Crippen LogP contribution in [0, 0.1) is 5.92 Å². The van der Waals surface area contributed by atoms with Gasteiger partial charge in [-0.15, -0.1) is 11.3 Å². The first-order valence-electron chi connectivity index (χ1n) is 8.00. The van der Waals surface area contributed by atoms with E-state index < -0.39 is 15.1 Å². The quantitative estimate of drug-likeness (QED) is 0.834. The number of sulfone groups is 1. The van der Waals surface area contributed by atoms with E-state index in [4.69, 9.17) is 9.47 Å². The van der Waals surface area contributed by atoms with Gasteiger partial charge in [0.25, 0.3) is 0 Å². The van der Waals surface area contributed by atoms with Crippen LogP contribution in [-0.4, -0.2) is 27.7 Å². The Balaban J connectivity index is 1.66. The average Bonchev–Trinajstić information content (AvgIpc) is 3.10. The van der Waals surface area contributed by atoms with Crippen molar-refractivity contribution in [2.24, 2.45) is 5.92 Å². The molecule has 2 heterocycles. The highest BCUT2D eigenvalue weighted by Crippen LogP contribution is 2.38. The van der Waals surface area contributed by atoms with Crippen LogP contribution in [-0.2, 0) is 14.6 Å². The second-order valence-corrected chi connectivity index (χ2v) is 9.40. The van der Waals surface area contributed by atoms with Crippen LogP contribution < -0.4 is 14.8 Å². The Morgan fingerprint density at radius 2 is 2.04 bits per heavy atom. The van der Waals surface area contributed by atoms with Gasteiger partial charge in [-0.05, 0) is 42.0 Å². The number of carbonyl (C=O) groups is 1. The summed E-state index contributed by atoms with van der Waals surface area (Å²) in [5.41, 5.74) is 0.578. The minimum absolute atomic E-state index is 0.0295. The SMILES string of the molecule is O=C(NC[C@@H](c1ccc2c(c1)OCO2)S(=O)(=O)c1cccs1)C1CC1. The maximum absolute atomic E-state index is 13.1. The summed E-state index contributed by atoms with van der Waals surface area (Å²) in [6.07, 6.45) is 1.75. The van der Waals surface area contributed by atoms with E-state index in [0.29, 0.717) is 17.1 Å². The van der Waals surface area contributed by atoms with Crippen LogP contribution in [0.4, 0.5) is 0 Å². The molecule has 0 unspecified atom stereocenters. The molecule has 6 nitrogen and oxygen atoms in total. The molecule has 1 fully saturated rings. The molecular weight excluding hydrogens is 362 g/mol. The standard InChI is InChI=1S/C17H17NO5S2/c19-17(11-3-4-11)18-9-15(25(20,21)16-2-1-7-24-16)12-5-6-13-14(8-12)23-10-22-13/h1-2,5-8,11,15H,3-4,9-10H2,(H,18,19)/t15-/m0/s1. The van der Waals surface area contributed by atoms with Gasteiger partial charge in [0.2, 0.25) is 12.7 Å². The van der Waals surface area contributed by atoms with E-state index in [1.807, 2.05) is 0 Å². The molecule has 1 amide bonds. The monoisotopic (exact) mass is 379 g/mol. The number of amides is 1. The van der Waals surface area contributed by atoms with Gasteiger partial charge in [0.1, 0.15) is 9.46 Å². The van der Waals surface area contributed by atoms with E-state index in [0.717, 1.165) is 12.8 Å². The molecule has 1 aliphatic heterocycles. The van der Waals surface area contributed by atoms with E-state index in [1.54, 1.807) is 35.7 Å². The molecule has 1 saturated carbocycles. The number of fused-ring (bicyclic) bond motifs is 1. The molecule has 132 valence electrons. The summed E-state index contributed by atoms with van der Waals surface area (Å²) >= 11 is 1.17. The van der Waals surface area contributed by atoms with Gasteiger partial charge in [-0.25, -0.2) is 8.42 Å². The Labute approximate surface area is 149 Å². The number of ether oxygens (including phenoxy) is 2. The summed E-state index contributed by atoms with van der Waals surface area (Å²) < 4.78 is 37.1. The summed E-state index contributed by atoms with van der Waals surface area (Å²) in [7, 11) is -3.62. The van der Waals surface area contributed by atoms with Crippen molar-refractivity contribution >= 4 is 27.1 Å². The van der Waals surface area contributed by atoms with Crippen molar-refractivity contribution in [2.75, 3.05) is 13.3 Å². The summed E-state index contributed by atoms with van der Waals surface area (Å²) in [6, 6.07) is 8.39. The molecule has 2 aromatic rings. The van der Waals surface area contributed by atoms with Gasteiger partial charge in [0, 0.05) is 12.5 Å². The summed E-state index contributed by atoms with van der Waals surface area (Å²) in [5.74, 6) is 1.07. The number of hydrogen-bond acceptors (Lipinski definition) is 6. The molecule has 1 aliphatic carbocycles. The Hall–Kier alpha value is -2.06. The number of benzene rings is 1. The van der Waals surface area contributed by atoms with E-state index in [1.165, 1.54) is 11.3 Å². The van der Waals surface area contributed by atoms with Crippen LogP contribution in [0.25, 0.3) is 0 Å². The summed E-state index contributed by atoms with van der Waals surface area (Å²) in [4.78, 5) is 12.0. The fraction of sp³-hybridized carbons (Fsp3) is 0.353. The molecule has 0 bridgehead atoms. The lowest BCUT2D eigenvalue weighted by molar-refractivity contribution is -0.122. The third-order valence-corrected chi connectivity index (χ3v) is 7.86. The van der Waals surface area contributed by atoms with E-state index >= 15 is 0 Å². The molecule has 0 spiro atoms. The molecule has 4 rings (SSSR count). The van der Waals surface area contributed by atoms with Crippen molar-refractivity contribution in [3.8, 4) is 11.5 Å². The van der Waals surface area contributed by atoms with Crippen LogP contribution in [0.15, 0.2) is 39.9 Å². The van der Waals surface area contributed by atoms with E-state index in [2.05, 4.69) is 5.32 Å². The molecule has 0 saturated heterocycles. The maximum Gasteiger partial charge on any atom is 0.231 e. The van der Waals surface area contributed by atoms with Crippen LogP contribution in [0.1, 0.15) is 23.7 Å². The maximum atomic E-state index is 13.1. The first-order valence-corrected chi connectivity index (χ1v) is 10.4. The second kappa shape index (κ2) is 6.34. The first-order chi connectivity index (χ1) is 12.1. The number of hydrogen-bond donors (Lipinski definition) is 1. The Morgan fingerprint density at radius 3 is 2.76 bits per heavy atom. The highest BCUT2D eigenvalue weighted by molar-refractivity contribution is 7.93. The van der Waals surface area contributed by atoms with Crippen molar-refractivity contribution in [1.82, 2.24) is 5.32 Å². The highest BCUT2D eigenvalue weighted by atomic mass is 32.2. The van der Waals surface area contributed by atoms with Gasteiger partial charge in [0.15, 0.2) is 21.3 Å². The fourth-order valence-corrected chi connectivity index (χ4v) is 5.63. The van der Waals surface area contributed by atoms with Crippen LogP contribution in [0.5, 0.6) is 11.5 Å². The van der Waals surface area contributed by atoms with Crippen LogP contribution in [0.3, 0.4) is 0 Å². The molecule has 25 heavy (non-hydrogen) atoms. The van der Waals surface area contributed by atoms with Crippen LogP contribution >= 0.6 is 11.3 Å². The van der Waals surface area contributed by atoms with Gasteiger partial charge in [0.05, 0.1) is 0 Å². The number of rotatable bonds is 6. The number of nitrogens with one attached hydrogen (secondary N) is 1. The molecule has 1 N–H and O–H groups in total. The molecule has 2 aliphatic rings. The summed E-state index contributed by atoms with van der Waals surface area (Å²) in [6.45, 7) is 0.161. The predicted octanol–water partition coefficient (Wildman–Crippen LogP) is 2.52. The summed E-state index contributed by atoms with van der Waals surface area (Å²) in [5, 5.41) is 3.65. The molecule has 1 atom stereocenters. The molecular formula is C17H17NO5S2. The second-order valence-electron chi connectivity index (χ2n) is 6.10. The van der Waals surface area contributed by atoms with Crippen molar-refractivity contribution in [3.05, 3.63) is 41.3 Å². The minimum Gasteiger partial charge on any atom is -0.454 e. The van der Waals surface area contributed by atoms with Gasteiger partial charge < -0.3 is 14.8 Å². The normalized spacial score (nSPS) is 17.3. The van der Waals surface area contributed by atoms with Crippen molar-refractivity contribution < 1.29 is 22.7 Å². The Bertz CT molecular complexity index is 888. The van der Waals surface area contributed by atoms with Crippen molar-refractivity contribution in [3.63, 3.8) is 0 Å². The molecule has 8 heteroatoms. The zero-order valence-electron chi connectivity index (χ0n) is 13.3. The number of thiophene rings is 1. The van der Waals surface area contributed by atoms with Crippen LogP contribution in [0.2, 0.25) is 0 Å². The zero-order valence-corrected chi connectivity index (χ0v) is 14.9. The molecule has 1 aromatic carbocycles. The Kier molecular flexibility index (Phi) is 4.16. The lowest BCUT2D eigenvalue weighted by Gasteiger charge is -2.18. The lowest BCUT2D eigenvalue weighted by atomic mass is 10.1. The van der Waals surface area contributed by atoms with Gasteiger partial charge in [-0.2, -0.15) is 0 Å².